The number of aromatic nitrogens is 3. The van der Waals surface area contributed by atoms with Crippen LogP contribution in [0.1, 0.15) is 17.8 Å². The Morgan fingerprint density at radius 1 is 1.24 bits per heavy atom. The largest absolute Gasteiger partial charge is 0.378 e. The minimum Gasteiger partial charge on any atom is -0.378 e. The second-order valence-corrected chi connectivity index (χ2v) is 4.89. The molecule has 0 saturated heterocycles. The Bertz CT molecular complexity index is 614. The number of anilines is 1. The van der Waals surface area contributed by atoms with Gasteiger partial charge in [0.15, 0.2) is 0 Å². The maximum absolute atomic E-state index is 4.08. The molecular formula is C12H12N4S. The Labute approximate surface area is 103 Å². The fourth-order valence-corrected chi connectivity index (χ4v) is 2.52. The van der Waals surface area contributed by atoms with Gasteiger partial charge in [0, 0.05) is 10.6 Å². The average molecular weight is 244 g/mol. The predicted molar refractivity (Wildman–Crippen MR) is 70.2 cm³/mol. The molecule has 0 unspecified atom stereocenters. The summed E-state index contributed by atoms with van der Waals surface area (Å²) in [6.07, 6.45) is 0. The lowest BCUT2D eigenvalue weighted by atomic mass is 10.2. The molecule has 0 aliphatic carbocycles. The number of thiophene rings is 1. The van der Waals surface area contributed by atoms with Crippen LogP contribution in [0.25, 0.3) is 11.0 Å². The highest BCUT2D eigenvalue weighted by molar-refractivity contribution is 7.10. The maximum atomic E-state index is 4.08. The molecule has 2 heterocycles. The second-order valence-electron chi connectivity index (χ2n) is 3.91. The Kier molecular flexibility index (Phi) is 2.53. The van der Waals surface area contributed by atoms with Crippen LogP contribution in [0.15, 0.2) is 35.7 Å². The molecule has 0 aliphatic rings. The molecule has 2 N–H and O–H groups in total. The molecular weight excluding hydrogens is 232 g/mol. The topological polar surface area (TPSA) is 53.6 Å². The number of rotatable bonds is 3. The number of nitrogens with zero attached hydrogens (tertiary/aromatic N) is 2. The van der Waals surface area contributed by atoms with Gasteiger partial charge >= 0.3 is 0 Å². The molecule has 0 fully saturated rings. The fourth-order valence-electron chi connectivity index (χ4n) is 1.79. The summed E-state index contributed by atoms with van der Waals surface area (Å²) in [6, 6.07) is 10.5. The zero-order valence-electron chi connectivity index (χ0n) is 9.34. The first-order valence-corrected chi connectivity index (χ1v) is 6.31. The molecule has 4 nitrogen and oxygen atoms in total. The van der Waals surface area contributed by atoms with E-state index in [0.29, 0.717) is 6.04 Å². The van der Waals surface area contributed by atoms with Crippen LogP contribution in [0.3, 0.4) is 0 Å². The van der Waals surface area contributed by atoms with E-state index < -0.39 is 0 Å². The van der Waals surface area contributed by atoms with E-state index in [2.05, 4.69) is 45.2 Å². The molecule has 1 aromatic carbocycles. The minimum absolute atomic E-state index is 0.305. The van der Waals surface area contributed by atoms with Gasteiger partial charge in [0.1, 0.15) is 11.0 Å². The van der Waals surface area contributed by atoms with Crippen LogP contribution in [-0.4, -0.2) is 15.4 Å². The lowest BCUT2D eigenvalue weighted by Crippen LogP contribution is -2.04. The van der Waals surface area contributed by atoms with Gasteiger partial charge in [-0.15, -0.1) is 11.3 Å². The monoisotopic (exact) mass is 244 g/mol. The third-order valence-corrected chi connectivity index (χ3v) is 3.72. The zero-order chi connectivity index (χ0) is 11.7. The van der Waals surface area contributed by atoms with E-state index >= 15 is 0 Å². The van der Waals surface area contributed by atoms with Gasteiger partial charge in [0.05, 0.1) is 6.04 Å². The molecule has 0 amide bonds. The summed E-state index contributed by atoms with van der Waals surface area (Å²) in [7, 11) is 0. The van der Waals surface area contributed by atoms with Crippen LogP contribution in [0.2, 0.25) is 0 Å². The second kappa shape index (κ2) is 4.18. The highest BCUT2D eigenvalue weighted by atomic mass is 32.1. The van der Waals surface area contributed by atoms with Crippen molar-refractivity contribution in [3.05, 3.63) is 40.6 Å². The van der Waals surface area contributed by atoms with E-state index in [9.17, 15) is 0 Å². The molecule has 5 heteroatoms. The van der Waals surface area contributed by atoms with Crippen molar-refractivity contribution >= 4 is 28.1 Å². The number of benzene rings is 1. The Balaban J connectivity index is 1.84. The number of aromatic amines is 1. The van der Waals surface area contributed by atoms with E-state index in [4.69, 9.17) is 0 Å². The molecule has 0 aliphatic heterocycles. The van der Waals surface area contributed by atoms with Gasteiger partial charge in [0.25, 0.3) is 0 Å². The molecule has 3 rings (SSSR count). The Morgan fingerprint density at radius 2 is 2.12 bits per heavy atom. The minimum atomic E-state index is 0.305. The van der Waals surface area contributed by atoms with E-state index in [1.54, 1.807) is 11.3 Å². The standard InChI is InChI=1S/C12H12N4S/c1-8(12-3-2-6-17-12)13-9-4-5-10-11(7-9)15-16-14-10/h2-8,13H,1H3,(H,14,15,16)/t8-/m1/s1. The van der Waals surface area contributed by atoms with Crippen molar-refractivity contribution in [3.63, 3.8) is 0 Å². The summed E-state index contributed by atoms with van der Waals surface area (Å²) in [5.74, 6) is 0. The summed E-state index contributed by atoms with van der Waals surface area (Å²) in [4.78, 5) is 1.32. The van der Waals surface area contributed by atoms with Crippen molar-refractivity contribution in [2.45, 2.75) is 13.0 Å². The van der Waals surface area contributed by atoms with Gasteiger partial charge in [0.2, 0.25) is 0 Å². The van der Waals surface area contributed by atoms with Crippen LogP contribution in [0, 0.1) is 0 Å². The number of H-pyrrole nitrogens is 1. The normalized spacial score (nSPS) is 12.8. The number of nitrogens with one attached hydrogen (secondary N) is 2. The van der Waals surface area contributed by atoms with Gasteiger partial charge in [-0.05, 0) is 36.6 Å². The molecule has 86 valence electrons. The van der Waals surface area contributed by atoms with E-state index in [1.165, 1.54) is 4.88 Å². The van der Waals surface area contributed by atoms with Crippen molar-refractivity contribution in [2.75, 3.05) is 5.32 Å². The van der Waals surface area contributed by atoms with Crippen molar-refractivity contribution in [1.82, 2.24) is 15.4 Å². The van der Waals surface area contributed by atoms with E-state index in [-0.39, 0.29) is 0 Å². The van der Waals surface area contributed by atoms with Crippen LogP contribution < -0.4 is 5.32 Å². The lowest BCUT2D eigenvalue weighted by molar-refractivity contribution is 0.908. The Hall–Kier alpha value is -1.88. The lowest BCUT2D eigenvalue weighted by Gasteiger charge is -2.13. The van der Waals surface area contributed by atoms with Crippen molar-refractivity contribution in [1.29, 1.82) is 0 Å². The van der Waals surface area contributed by atoms with Gasteiger partial charge < -0.3 is 5.32 Å². The molecule has 1 atom stereocenters. The van der Waals surface area contributed by atoms with Gasteiger partial charge in [-0.25, -0.2) is 0 Å². The van der Waals surface area contributed by atoms with Crippen LogP contribution in [0.4, 0.5) is 5.69 Å². The summed E-state index contributed by atoms with van der Waals surface area (Å²) < 4.78 is 0. The van der Waals surface area contributed by atoms with E-state index in [1.807, 2.05) is 18.2 Å². The molecule has 2 aromatic heterocycles. The van der Waals surface area contributed by atoms with Crippen molar-refractivity contribution in [2.24, 2.45) is 0 Å². The van der Waals surface area contributed by atoms with E-state index in [0.717, 1.165) is 16.7 Å². The first-order chi connectivity index (χ1) is 8.33. The number of hydrogen-bond donors (Lipinski definition) is 2. The fraction of sp³-hybridized carbons (Fsp3) is 0.167. The highest BCUT2D eigenvalue weighted by Gasteiger charge is 2.07. The Morgan fingerprint density at radius 3 is 2.94 bits per heavy atom. The summed E-state index contributed by atoms with van der Waals surface area (Å²) in [5, 5.41) is 16.3. The van der Waals surface area contributed by atoms with Crippen LogP contribution in [0.5, 0.6) is 0 Å². The summed E-state index contributed by atoms with van der Waals surface area (Å²) in [6.45, 7) is 2.15. The smallest absolute Gasteiger partial charge is 0.115 e. The summed E-state index contributed by atoms with van der Waals surface area (Å²) >= 11 is 1.76. The van der Waals surface area contributed by atoms with Gasteiger partial charge in [-0.3, -0.25) is 0 Å². The van der Waals surface area contributed by atoms with Gasteiger partial charge in [-0.1, -0.05) is 6.07 Å². The molecule has 0 spiro atoms. The van der Waals surface area contributed by atoms with Crippen molar-refractivity contribution in [3.8, 4) is 0 Å². The predicted octanol–water partition coefficient (Wildman–Crippen LogP) is 3.19. The third-order valence-electron chi connectivity index (χ3n) is 2.67. The molecule has 3 aromatic rings. The van der Waals surface area contributed by atoms with Crippen LogP contribution >= 0.6 is 11.3 Å². The average Bonchev–Trinajstić information content (AvgIpc) is 2.99. The van der Waals surface area contributed by atoms with Gasteiger partial charge in [-0.2, -0.15) is 15.4 Å². The highest BCUT2D eigenvalue weighted by Crippen LogP contribution is 2.24. The number of fused-ring (bicyclic) bond motifs is 1. The molecule has 0 radical (unpaired) electrons. The maximum Gasteiger partial charge on any atom is 0.115 e. The third kappa shape index (κ3) is 2.01. The number of hydrogen-bond acceptors (Lipinski definition) is 4. The summed E-state index contributed by atoms with van der Waals surface area (Å²) in [5.41, 5.74) is 2.83. The SMILES string of the molecule is C[C@@H](Nc1ccc2n[nH]nc2c1)c1cccs1. The molecule has 0 bridgehead atoms. The quantitative estimate of drug-likeness (QED) is 0.744. The van der Waals surface area contributed by atoms with Crippen molar-refractivity contribution < 1.29 is 0 Å². The van der Waals surface area contributed by atoms with Crippen LogP contribution in [-0.2, 0) is 0 Å². The molecule has 17 heavy (non-hydrogen) atoms. The molecule has 0 saturated carbocycles. The zero-order valence-corrected chi connectivity index (χ0v) is 10.2. The first kappa shape index (κ1) is 10.3. The first-order valence-electron chi connectivity index (χ1n) is 5.43.